The Labute approximate surface area is 137 Å². The fraction of sp³-hybridized carbons (Fsp3) is 0.118. The average molecular weight is 325 g/mol. The van der Waals surface area contributed by atoms with Gasteiger partial charge in [0.25, 0.3) is 0 Å². The molecule has 0 aliphatic rings. The highest BCUT2D eigenvalue weighted by molar-refractivity contribution is 7.14. The van der Waals surface area contributed by atoms with Gasteiger partial charge in [-0.1, -0.05) is 18.2 Å². The number of hydrogen-bond acceptors (Lipinski definition) is 5. The van der Waals surface area contributed by atoms with E-state index in [1.54, 1.807) is 24.5 Å². The molecule has 0 fully saturated rings. The van der Waals surface area contributed by atoms with Gasteiger partial charge < -0.3 is 10.4 Å². The molecule has 2 aromatic heterocycles. The predicted molar refractivity (Wildman–Crippen MR) is 90.4 cm³/mol. The maximum Gasteiger partial charge on any atom is 0.226 e. The van der Waals surface area contributed by atoms with Gasteiger partial charge in [0.05, 0.1) is 5.69 Å². The SMILES string of the molecule is O=C(CCc1ccccc1O)Nc1nc(-c2cccnc2)cs1. The highest BCUT2D eigenvalue weighted by Gasteiger charge is 2.09. The zero-order chi connectivity index (χ0) is 16.1. The van der Waals surface area contributed by atoms with Gasteiger partial charge in [0.1, 0.15) is 5.75 Å². The Hall–Kier alpha value is -2.73. The molecule has 3 aromatic rings. The molecular formula is C17H15N3O2S. The first kappa shape index (κ1) is 15.2. The molecule has 2 heterocycles. The van der Waals surface area contributed by atoms with Crippen molar-refractivity contribution in [2.24, 2.45) is 0 Å². The van der Waals surface area contributed by atoms with Gasteiger partial charge in [0.15, 0.2) is 5.13 Å². The number of aryl methyl sites for hydroxylation is 1. The van der Waals surface area contributed by atoms with E-state index in [2.05, 4.69) is 15.3 Å². The van der Waals surface area contributed by atoms with Crippen molar-refractivity contribution in [2.45, 2.75) is 12.8 Å². The molecule has 0 aliphatic heterocycles. The number of pyridine rings is 1. The number of amides is 1. The van der Waals surface area contributed by atoms with Crippen LogP contribution in [0.25, 0.3) is 11.3 Å². The number of anilines is 1. The van der Waals surface area contributed by atoms with Crippen molar-refractivity contribution in [3.05, 3.63) is 59.7 Å². The quantitative estimate of drug-likeness (QED) is 0.753. The van der Waals surface area contributed by atoms with Crippen LogP contribution in [0.3, 0.4) is 0 Å². The smallest absolute Gasteiger partial charge is 0.226 e. The summed E-state index contributed by atoms with van der Waals surface area (Å²) in [6, 6.07) is 10.8. The van der Waals surface area contributed by atoms with Crippen LogP contribution in [0.2, 0.25) is 0 Å². The Kier molecular flexibility index (Phi) is 4.63. The number of benzene rings is 1. The first-order valence-electron chi connectivity index (χ1n) is 7.15. The van der Waals surface area contributed by atoms with E-state index >= 15 is 0 Å². The van der Waals surface area contributed by atoms with Gasteiger partial charge >= 0.3 is 0 Å². The molecule has 0 unspecified atom stereocenters. The second kappa shape index (κ2) is 7.02. The van der Waals surface area contributed by atoms with Crippen molar-refractivity contribution < 1.29 is 9.90 Å². The van der Waals surface area contributed by atoms with Gasteiger partial charge in [-0.05, 0) is 30.2 Å². The lowest BCUT2D eigenvalue weighted by molar-refractivity contribution is -0.116. The number of nitrogens with one attached hydrogen (secondary N) is 1. The molecule has 116 valence electrons. The van der Waals surface area contributed by atoms with Crippen LogP contribution in [0.1, 0.15) is 12.0 Å². The molecule has 0 atom stereocenters. The molecule has 2 N–H and O–H groups in total. The van der Waals surface area contributed by atoms with E-state index in [0.717, 1.165) is 16.8 Å². The normalized spacial score (nSPS) is 10.4. The van der Waals surface area contributed by atoms with Crippen LogP contribution in [0.5, 0.6) is 5.75 Å². The molecule has 23 heavy (non-hydrogen) atoms. The van der Waals surface area contributed by atoms with E-state index in [9.17, 15) is 9.90 Å². The Morgan fingerprint density at radius 2 is 2.09 bits per heavy atom. The molecule has 0 bridgehead atoms. The van der Waals surface area contributed by atoms with Crippen molar-refractivity contribution in [2.75, 3.05) is 5.32 Å². The van der Waals surface area contributed by atoms with E-state index in [4.69, 9.17) is 0 Å². The molecule has 5 nitrogen and oxygen atoms in total. The average Bonchev–Trinajstić information content (AvgIpc) is 3.03. The first-order valence-corrected chi connectivity index (χ1v) is 8.03. The van der Waals surface area contributed by atoms with E-state index in [1.807, 2.05) is 29.6 Å². The Morgan fingerprint density at radius 1 is 1.22 bits per heavy atom. The molecular weight excluding hydrogens is 310 g/mol. The van der Waals surface area contributed by atoms with Crippen molar-refractivity contribution >= 4 is 22.4 Å². The molecule has 1 aromatic carbocycles. The Morgan fingerprint density at radius 3 is 2.87 bits per heavy atom. The highest BCUT2D eigenvalue weighted by Crippen LogP contribution is 2.24. The largest absolute Gasteiger partial charge is 0.508 e. The number of carbonyl (C=O) groups excluding carboxylic acids is 1. The number of phenols is 1. The van der Waals surface area contributed by atoms with Crippen molar-refractivity contribution in [3.63, 3.8) is 0 Å². The second-order valence-corrected chi connectivity index (χ2v) is 5.81. The second-order valence-electron chi connectivity index (χ2n) is 4.96. The van der Waals surface area contributed by atoms with Gasteiger partial charge in [-0.2, -0.15) is 0 Å². The molecule has 6 heteroatoms. The summed E-state index contributed by atoms with van der Waals surface area (Å²) in [5.74, 6) is 0.0914. The van der Waals surface area contributed by atoms with Crippen molar-refractivity contribution in [3.8, 4) is 17.0 Å². The van der Waals surface area contributed by atoms with Crippen molar-refractivity contribution in [1.29, 1.82) is 0 Å². The summed E-state index contributed by atoms with van der Waals surface area (Å²) in [5, 5.41) is 14.9. The zero-order valence-electron chi connectivity index (χ0n) is 12.3. The summed E-state index contributed by atoms with van der Waals surface area (Å²) in [7, 11) is 0. The maximum atomic E-state index is 12.0. The number of aromatic nitrogens is 2. The lowest BCUT2D eigenvalue weighted by atomic mass is 10.1. The van der Waals surface area contributed by atoms with E-state index in [-0.39, 0.29) is 11.7 Å². The third kappa shape index (κ3) is 3.92. The Balaban J connectivity index is 1.58. The zero-order valence-corrected chi connectivity index (χ0v) is 13.1. The van der Waals surface area contributed by atoms with E-state index in [0.29, 0.717) is 18.0 Å². The monoisotopic (exact) mass is 325 g/mol. The van der Waals surface area contributed by atoms with Crippen LogP contribution in [-0.2, 0) is 11.2 Å². The van der Waals surface area contributed by atoms with E-state index in [1.165, 1.54) is 11.3 Å². The lowest BCUT2D eigenvalue weighted by Gasteiger charge is -2.04. The van der Waals surface area contributed by atoms with E-state index < -0.39 is 0 Å². The maximum absolute atomic E-state index is 12.0. The van der Waals surface area contributed by atoms with Gasteiger partial charge in [-0.3, -0.25) is 9.78 Å². The molecule has 0 aliphatic carbocycles. The topological polar surface area (TPSA) is 75.1 Å². The molecule has 3 rings (SSSR count). The third-order valence-electron chi connectivity index (χ3n) is 3.32. The number of aromatic hydroxyl groups is 1. The van der Waals surface area contributed by atoms with Gasteiger partial charge in [-0.15, -0.1) is 11.3 Å². The van der Waals surface area contributed by atoms with Gasteiger partial charge in [0.2, 0.25) is 5.91 Å². The van der Waals surface area contributed by atoms with Crippen LogP contribution < -0.4 is 5.32 Å². The van der Waals surface area contributed by atoms with Gasteiger partial charge in [-0.25, -0.2) is 4.98 Å². The number of nitrogens with zero attached hydrogens (tertiary/aromatic N) is 2. The minimum Gasteiger partial charge on any atom is -0.508 e. The number of phenolic OH excluding ortho intramolecular Hbond substituents is 1. The Bertz CT molecular complexity index is 802. The fourth-order valence-electron chi connectivity index (χ4n) is 2.13. The van der Waals surface area contributed by atoms with Gasteiger partial charge in [0, 0.05) is 29.8 Å². The van der Waals surface area contributed by atoms with Crippen LogP contribution in [0.4, 0.5) is 5.13 Å². The number of rotatable bonds is 5. The van der Waals surface area contributed by atoms with Crippen LogP contribution in [0, 0.1) is 0 Å². The third-order valence-corrected chi connectivity index (χ3v) is 4.08. The minimum atomic E-state index is -0.125. The molecule has 0 spiro atoms. The number of carbonyl (C=O) groups is 1. The predicted octanol–water partition coefficient (Wildman–Crippen LogP) is 3.48. The minimum absolute atomic E-state index is 0.125. The van der Waals surface area contributed by atoms with Crippen LogP contribution >= 0.6 is 11.3 Å². The standard InChI is InChI=1S/C17H15N3O2S/c21-15-6-2-1-4-12(15)7-8-16(22)20-17-19-14(11-23-17)13-5-3-9-18-10-13/h1-6,9-11,21H,7-8H2,(H,19,20,22). The van der Waals surface area contributed by atoms with Crippen LogP contribution in [0.15, 0.2) is 54.2 Å². The summed E-state index contributed by atoms with van der Waals surface area (Å²) in [6.45, 7) is 0. The first-order chi connectivity index (χ1) is 11.2. The molecule has 0 radical (unpaired) electrons. The summed E-state index contributed by atoms with van der Waals surface area (Å²) in [4.78, 5) is 20.5. The fourth-order valence-corrected chi connectivity index (χ4v) is 2.87. The molecule has 1 amide bonds. The summed E-state index contributed by atoms with van der Waals surface area (Å²) >= 11 is 1.38. The van der Waals surface area contributed by atoms with Crippen LogP contribution in [-0.4, -0.2) is 21.0 Å². The number of para-hydroxylation sites is 1. The number of thiazole rings is 1. The highest BCUT2D eigenvalue weighted by atomic mass is 32.1. The summed E-state index contributed by atoms with van der Waals surface area (Å²) < 4.78 is 0. The summed E-state index contributed by atoms with van der Waals surface area (Å²) in [5.41, 5.74) is 2.47. The summed E-state index contributed by atoms with van der Waals surface area (Å²) in [6.07, 6.45) is 4.22. The molecule has 0 saturated heterocycles. The number of hydrogen-bond donors (Lipinski definition) is 2. The lowest BCUT2D eigenvalue weighted by Crippen LogP contribution is -2.12. The molecule has 0 saturated carbocycles. The van der Waals surface area contributed by atoms with Crippen molar-refractivity contribution in [1.82, 2.24) is 9.97 Å².